The van der Waals surface area contributed by atoms with Gasteiger partial charge in [0.1, 0.15) is 18.1 Å². The zero-order valence-corrected chi connectivity index (χ0v) is 23.1. The Balaban J connectivity index is 2.26. The quantitative estimate of drug-likeness (QED) is 0.0500. The van der Waals surface area contributed by atoms with E-state index in [0.717, 1.165) is 10.9 Å². The third-order valence-electron chi connectivity index (χ3n) is 6.31. The van der Waals surface area contributed by atoms with Gasteiger partial charge >= 0.3 is 17.9 Å². The van der Waals surface area contributed by atoms with Crippen LogP contribution in [0.15, 0.2) is 35.5 Å². The fourth-order valence-electron chi connectivity index (χ4n) is 4.11. The van der Waals surface area contributed by atoms with Crippen LogP contribution >= 0.6 is 0 Å². The first-order chi connectivity index (χ1) is 20.3. The summed E-state index contributed by atoms with van der Waals surface area (Å²) in [6.07, 6.45) is 0.0621. The molecule has 1 aromatic heterocycles. The van der Waals surface area contributed by atoms with Crippen LogP contribution in [0.4, 0.5) is 0 Å². The first-order valence-corrected chi connectivity index (χ1v) is 13.2. The lowest BCUT2D eigenvalue weighted by atomic mass is 10.0. The second-order valence-corrected chi connectivity index (χ2v) is 9.67. The number of hydrogen-bond donors (Lipinski definition) is 10. The number of nitrogens with zero attached hydrogens (tertiary/aromatic N) is 1. The number of rotatable bonds is 18. The average molecular weight is 605 g/mol. The Bertz CT molecular complexity index is 1360. The third kappa shape index (κ3) is 11.3. The summed E-state index contributed by atoms with van der Waals surface area (Å²) in [5, 5.41) is 35.5. The maximum atomic E-state index is 13.4. The lowest BCUT2D eigenvalue weighted by Crippen LogP contribution is -2.58. The van der Waals surface area contributed by atoms with Gasteiger partial charge in [-0.3, -0.25) is 29.0 Å². The van der Waals surface area contributed by atoms with E-state index in [1.165, 1.54) is 0 Å². The van der Waals surface area contributed by atoms with Gasteiger partial charge in [-0.15, -0.1) is 0 Å². The molecule has 13 N–H and O–H groups in total. The predicted molar refractivity (Wildman–Crippen MR) is 152 cm³/mol. The number of nitrogens with two attached hydrogens (primary N) is 3. The molecule has 4 atom stereocenters. The summed E-state index contributed by atoms with van der Waals surface area (Å²) in [7, 11) is 0. The number of carboxylic acids is 3. The summed E-state index contributed by atoms with van der Waals surface area (Å²) in [4.78, 5) is 80.1. The van der Waals surface area contributed by atoms with Gasteiger partial charge in [-0.1, -0.05) is 18.2 Å². The van der Waals surface area contributed by atoms with E-state index in [0.29, 0.717) is 5.56 Å². The lowest BCUT2D eigenvalue weighted by molar-refractivity contribution is -0.144. The van der Waals surface area contributed by atoms with Gasteiger partial charge in [0.25, 0.3) is 0 Å². The van der Waals surface area contributed by atoms with E-state index in [2.05, 4.69) is 25.9 Å². The average Bonchev–Trinajstić information content (AvgIpc) is 3.34. The standard InChI is InChI=1S/C26H36N8O9/c27-15(7-8-20(35)36)22(39)33-18(10-13-12-31-16-5-2-1-4-14(13)16)23(40)34-19(11-21(37)38)24(41)32-17(25(42)43)6-3-9-30-26(28)29/h1-2,4-5,12,15,17-19,31H,3,6-11,27H2,(H,32,41)(H,33,39)(H,34,40)(H,35,36)(H,37,38)(H,42,43)(H4,28,29,30)/t15-,17-,18-,19-/m0/s1. The number of amides is 3. The van der Waals surface area contributed by atoms with E-state index >= 15 is 0 Å². The second-order valence-electron chi connectivity index (χ2n) is 9.67. The lowest BCUT2D eigenvalue weighted by Gasteiger charge is -2.24. The number of hydrogen-bond acceptors (Lipinski definition) is 8. The van der Waals surface area contributed by atoms with Crippen molar-refractivity contribution in [1.82, 2.24) is 20.9 Å². The number of aliphatic carboxylic acids is 3. The molecule has 2 aromatic rings. The van der Waals surface area contributed by atoms with Crippen molar-refractivity contribution in [2.45, 2.75) is 62.7 Å². The molecule has 43 heavy (non-hydrogen) atoms. The van der Waals surface area contributed by atoms with Crippen molar-refractivity contribution in [3.63, 3.8) is 0 Å². The van der Waals surface area contributed by atoms with E-state index in [1.54, 1.807) is 30.5 Å². The number of nitrogens with one attached hydrogen (secondary N) is 4. The maximum Gasteiger partial charge on any atom is 0.326 e. The molecular formula is C26H36N8O9. The minimum atomic E-state index is -1.72. The highest BCUT2D eigenvalue weighted by Crippen LogP contribution is 2.19. The zero-order valence-electron chi connectivity index (χ0n) is 23.1. The van der Waals surface area contributed by atoms with Crippen LogP contribution in [0, 0.1) is 0 Å². The molecule has 1 aromatic carbocycles. The van der Waals surface area contributed by atoms with Crippen LogP contribution in [0.1, 0.15) is 37.7 Å². The molecule has 0 spiro atoms. The molecule has 0 bridgehead atoms. The Labute approximate surface area is 245 Å². The number of aliphatic imine (C=N–C) groups is 1. The molecule has 0 unspecified atom stereocenters. The van der Waals surface area contributed by atoms with Gasteiger partial charge in [-0.25, -0.2) is 4.79 Å². The van der Waals surface area contributed by atoms with Crippen LogP contribution in [0.5, 0.6) is 0 Å². The van der Waals surface area contributed by atoms with Gasteiger partial charge in [0.2, 0.25) is 17.7 Å². The Morgan fingerprint density at radius 2 is 1.47 bits per heavy atom. The Morgan fingerprint density at radius 3 is 2.09 bits per heavy atom. The van der Waals surface area contributed by atoms with Crippen LogP contribution in [-0.4, -0.2) is 92.6 Å². The molecule has 0 fully saturated rings. The van der Waals surface area contributed by atoms with Crippen molar-refractivity contribution in [1.29, 1.82) is 0 Å². The highest BCUT2D eigenvalue weighted by Gasteiger charge is 2.32. The fourth-order valence-corrected chi connectivity index (χ4v) is 4.11. The Kier molecular flexibility index (Phi) is 12.9. The summed E-state index contributed by atoms with van der Waals surface area (Å²) in [5.74, 6) is -7.11. The molecule has 234 valence electrons. The number of guanidine groups is 1. The minimum absolute atomic E-state index is 0.0844. The number of carboxylic acid groups (broad SMARTS) is 3. The molecule has 0 saturated heterocycles. The van der Waals surface area contributed by atoms with Crippen LogP contribution in [-0.2, 0) is 35.2 Å². The van der Waals surface area contributed by atoms with Crippen LogP contribution < -0.4 is 33.2 Å². The number of benzene rings is 1. The van der Waals surface area contributed by atoms with Crippen LogP contribution in [0.2, 0.25) is 0 Å². The van der Waals surface area contributed by atoms with E-state index in [-0.39, 0.29) is 38.2 Å². The maximum absolute atomic E-state index is 13.4. The first-order valence-electron chi connectivity index (χ1n) is 13.2. The highest BCUT2D eigenvalue weighted by molar-refractivity contribution is 5.96. The predicted octanol–water partition coefficient (Wildman–Crippen LogP) is -2.03. The van der Waals surface area contributed by atoms with Crippen molar-refractivity contribution in [3.05, 3.63) is 36.0 Å². The number of carbonyl (C=O) groups is 6. The molecule has 0 saturated carbocycles. The van der Waals surface area contributed by atoms with E-state index in [1.807, 2.05) is 0 Å². The van der Waals surface area contributed by atoms with Crippen molar-refractivity contribution in [3.8, 4) is 0 Å². The molecular weight excluding hydrogens is 568 g/mol. The summed E-state index contributed by atoms with van der Waals surface area (Å²) in [5.41, 5.74) is 17.6. The van der Waals surface area contributed by atoms with Gasteiger partial charge < -0.3 is 53.5 Å². The first kappa shape index (κ1) is 34.0. The molecule has 0 aliphatic carbocycles. The third-order valence-corrected chi connectivity index (χ3v) is 6.31. The number of aromatic amines is 1. The van der Waals surface area contributed by atoms with Crippen LogP contribution in [0.25, 0.3) is 10.9 Å². The molecule has 0 aliphatic heterocycles. The number of fused-ring (bicyclic) bond motifs is 1. The number of H-pyrrole nitrogens is 1. The highest BCUT2D eigenvalue weighted by atomic mass is 16.4. The Morgan fingerprint density at radius 1 is 0.837 bits per heavy atom. The van der Waals surface area contributed by atoms with Gasteiger partial charge in [-0.2, -0.15) is 0 Å². The van der Waals surface area contributed by atoms with Gasteiger partial charge in [-0.05, 0) is 30.9 Å². The molecule has 0 aliphatic rings. The van der Waals surface area contributed by atoms with E-state index in [4.69, 9.17) is 22.3 Å². The monoisotopic (exact) mass is 604 g/mol. The van der Waals surface area contributed by atoms with E-state index < -0.39 is 72.6 Å². The molecule has 17 heteroatoms. The van der Waals surface area contributed by atoms with Gasteiger partial charge in [0.15, 0.2) is 5.96 Å². The van der Waals surface area contributed by atoms with Crippen LogP contribution in [0.3, 0.4) is 0 Å². The fraction of sp³-hybridized carbons (Fsp3) is 0.423. The normalized spacial score (nSPS) is 13.6. The van der Waals surface area contributed by atoms with Gasteiger partial charge in [0.05, 0.1) is 12.5 Å². The summed E-state index contributed by atoms with van der Waals surface area (Å²) in [6, 6.07) is 1.31. The second kappa shape index (κ2) is 16.3. The van der Waals surface area contributed by atoms with Crippen molar-refractivity contribution >= 4 is 52.5 Å². The SMILES string of the molecule is NC(N)=NCCC[C@H](NC(=O)[C@H](CC(=O)O)NC(=O)[C@H](Cc1c[nH]c2ccccc12)NC(=O)[C@@H](N)CCC(=O)O)C(=O)O. The van der Waals surface area contributed by atoms with Gasteiger partial charge in [0, 0.05) is 36.5 Å². The van der Waals surface area contributed by atoms with Crippen molar-refractivity contribution in [2.75, 3.05) is 6.54 Å². The molecule has 1 heterocycles. The van der Waals surface area contributed by atoms with Crippen molar-refractivity contribution in [2.24, 2.45) is 22.2 Å². The smallest absolute Gasteiger partial charge is 0.326 e. The topological polar surface area (TPSA) is 305 Å². The molecule has 2 rings (SSSR count). The number of aromatic nitrogens is 1. The van der Waals surface area contributed by atoms with E-state index in [9.17, 15) is 39.0 Å². The summed E-state index contributed by atoms with van der Waals surface area (Å²) >= 11 is 0. The minimum Gasteiger partial charge on any atom is -0.481 e. The molecule has 3 amide bonds. The number of carbonyl (C=O) groups excluding carboxylic acids is 3. The van der Waals surface area contributed by atoms with Crippen molar-refractivity contribution < 1.29 is 44.1 Å². The molecule has 17 nitrogen and oxygen atoms in total. The Hall–Kier alpha value is -5.19. The summed E-state index contributed by atoms with van der Waals surface area (Å²) in [6.45, 7) is 0.0844. The zero-order chi connectivity index (χ0) is 32.1. The molecule has 0 radical (unpaired) electrons. The number of para-hydroxylation sites is 1. The summed E-state index contributed by atoms with van der Waals surface area (Å²) < 4.78 is 0. The largest absolute Gasteiger partial charge is 0.481 e.